The summed E-state index contributed by atoms with van der Waals surface area (Å²) in [5.74, 6) is 0.727. The quantitative estimate of drug-likeness (QED) is 0.338. The van der Waals surface area contributed by atoms with Crippen molar-refractivity contribution in [3.05, 3.63) is 76.3 Å². The molecule has 3 heterocycles. The fraction of sp³-hybridized carbons (Fsp3) is 0.500. The van der Waals surface area contributed by atoms with E-state index in [2.05, 4.69) is 82.1 Å². The van der Waals surface area contributed by atoms with E-state index in [4.69, 9.17) is 14.2 Å². The third-order valence-electron chi connectivity index (χ3n) is 8.63. The zero-order chi connectivity index (χ0) is 31.4. The fourth-order valence-corrected chi connectivity index (χ4v) is 6.51. The highest BCUT2D eigenvalue weighted by molar-refractivity contribution is 5.85. The van der Waals surface area contributed by atoms with Crippen LogP contribution in [0.25, 0.3) is 0 Å². The lowest BCUT2D eigenvalue weighted by atomic mass is 9.81. The molecule has 0 spiro atoms. The maximum absolute atomic E-state index is 12.6. The molecule has 2 fully saturated rings. The van der Waals surface area contributed by atoms with Crippen LogP contribution in [0.15, 0.2) is 48.5 Å². The van der Waals surface area contributed by atoms with Crippen molar-refractivity contribution >= 4 is 30.7 Å². The molecule has 2 atom stereocenters. The first kappa shape index (κ1) is 37.3. The summed E-state index contributed by atoms with van der Waals surface area (Å²) in [6.07, 6.45) is -0.105. The molecular weight excluding hydrogens is 629 g/mol. The summed E-state index contributed by atoms with van der Waals surface area (Å²) in [5.41, 5.74) is 5.72. The van der Waals surface area contributed by atoms with Gasteiger partial charge >= 0.3 is 6.01 Å². The Kier molecular flexibility index (Phi) is 13.5. The van der Waals surface area contributed by atoms with E-state index in [0.29, 0.717) is 31.4 Å². The van der Waals surface area contributed by atoms with Crippen LogP contribution in [0.5, 0.6) is 17.8 Å². The van der Waals surface area contributed by atoms with Crippen molar-refractivity contribution in [2.75, 3.05) is 53.6 Å². The number of fused-ring (bicyclic) bond motifs is 1. The number of hydrogen-bond acceptors (Lipinski definition) is 9. The standard InChI is InChI=1S/C34H45N5O5.2ClH/c1-22(2)44-33-28(32(42-5)35-34(36-33)43-6)19-37-17-27-18-38(30(41)21-40)15-16-39(27)29(20-37)31(25-11-7-23(3)8-12-25)26-13-9-24(4)10-14-26;;/h7-14,22,27,29,31,40H,15-21H2,1-6H3;2*1H/t27-,29+;;/m1../s1. The van der Waals surface area contributed by atoms with Crippen molar-refractivity contribution in [1.82, 2.24) is 24.7 Å². The zero-order valence-corrected chi connectivity index (χ0v) is 29.1. The van der Waals surface area contributed by atoms with Gasteiger partial charge in [0, 0.05) is 57.3 Å². The van der Waals surface area contributed by atoms with Crippen LogP contribution < -0.4 is 14.2 Å². The van der Waals surface area contributed by atoms with Crippen LogP contribution in [0.2, 0.25) is 0 Å². The first-order chi connectivity index (χ1) is 21.2. The molecule has 0 bridgehead atoms. The van der Waals surface area contributed by atoms with Gasteiger partial charge in [0.05, 0.1) is 25.9 Å². The van der Waals surface area contributed by atoms with Crippen LogP contribution in [0.3, 0.4) is 0 Å². The smallest absolute Gasteiger partial charge is 0.322 e. The van der Waals surface area contributed by atoms with Gasteiger partial charge in [0.2, 0.25) is 17.7 Å². The number of halogens is 2. The summed E-state index contributed by atoms with van der Waals surface area (Å²) < 4.78 is 17.2. The molecule has 0 saturated carbocycles. The van der Waals surface area contributed by atoms with Crippen LogP contribution in [0.1, 0.15) is 47.6 Å². The Morgan fingerprint density at radius 2 is 1.46 bits per heavy atom. The minimum Gasteiger partial charge on any atom is -0.481 e. The predicted octanol–water partition coefficient (Wildman–Crippen LogP) is 4.26. The lowest BCUT2D eigenvalue weighted by Crippen LogP contribution is -2.67. The first-order valence-corrected chi connectivity index (χ1v) is 15.4. The number of aliphatic hydroxyl groups excluding tert-OH is 1. The Morgan fingerprint density at radius 1 is 0.870 bits per heavy atom. The summed E-state index contributed by atoms with van der Waals surface area (Å²) in [6, 6.07) is 18.1. The van der Waals surface area contributed by atoms with E-state index in [0.717, 1.165) is 25.2 Å². The van der Waals surface area contributed by atoms with Crippen LogP contribution >= 0.6 is 24.8 Å². The van der Waals surface area contributed by atoms with Crippen molar-refractivity contribution in [1.29, 1.82) is 0 Å². The van der Waals surface area contributed by atoms with Gasteiger partial charge in [0.15, 0.2) is 0 Å². The third-order valence-corrected chi connectivity index (χ3v) is 8.63. The fourth-order valence-electron chi connectivity index (χ4n) is 6.51. The molecule has 252 valence electrons. The van der Waals surface area contributed by atoms with E-state index < -0.39 is 6.61 Å². The highest BCUT2D eigenvalue weighted by Crippen LogP contribution is 2.38. The second kappa shape index (κ2) is 16.6. The molecule has 46 heavy (non-hydrogen) atoms. The molecule has 1 N–H and O–H groups in total. The number of aryl methyl sites for hydroxylation is 2. The van der Waals surface area contributed by atoms with Gasteiger partial charge in [-0.1, -0.05) is 59.7 Å². The summed E-state index contributed by atoms with van der Waals surface area (Å²) in [5, 5.41) is 9.65. The van der Waals surface area contributed by atoms with E-state index in [1.54, 1.807) is 12.0 Å². The van der Waals surface area contributed by atoms with Gasteiger partial charge in [-0.3, -0.25) is 14.6 Å². The normalized spacial score (nSPS) is 18.4. The molecule has 0 radical (unpaired) electrons. The van der Waals surface area contributed by atoms with Gasteiger partial charge in [-0.05, 0) is 38.8 Å². The second-order valence-electron chi connectivity index (χ2n) is 12.1. The molecule has 5 rings (SSSR count). The van der Waals surface area contributed by atoms with Crippen LogP contribution in [0, 0.1) is 13.8 Å². The molecule has 10 nitrogen and oxygen atoms in total. The maximum Gasteiger partial charge on any atom is 0.322 e. The number of carbonyl (C=O) groups excluding carboxylic acids is 1. The number of amides is 1. The van der Waals surface area contributed by atoms with Crippen molar-refractivity contribution in [3.8, 4) is 17.8 Å². The summed E-state index contributed by atoms with van der Waals surface area (Å²) >= 11 is 0. The molecule has 2 aromatic carbocycles. The van der Waals surface area contributed by atoms with E-state index >= 15 is 0 Å². The Morgan fingerprint density at radius 3 is 1.98 bits per heavy atom. The van der Waals surface area contributed by atoms with Gasteiger partial charge < -0.3 is 24.2 Å². The third kappa shape index (κ3) is 8.41. The molecule has 2 aliphatic heterocycles. The Hall–Kier alpha value is -3.15. The number of rotatable bonds is 10. The average molecular weight is 677 g/mol. The Balaban J connectivity index is 0.00000288. The molecule has 12 heteroatoms. The molecule has 2 aliphatic rings. The zero-order valence-electron chi connectivity index (χ0n) is 27.5. The van der Waals surface area contributed by atoms with Crippen molar-refractivity contribution in [2.24, 2.45) is 0 Å². The molecule has 0 aliphatic carbocycles. The first-order valence-electron chi connectivity index (χ1n) is 15.4. The van der Waals surface area contributed by atoms with Gasteiger partial charge in [-0.15, -0.1) is 24.8 Å². The number of benzene rings is 2. The van der Waals surface area contributed by atoms with Crippen LogP contribution in [0.4, 0.5) is 0 Å². The number of aliphatic hydroxyl groups is 1. The van der Waals surface area contributed by atoms with Gasteiger partial charge in [0.25, 0.3) is 0 Å². The number of hydrogen-bond donors (Lipinski definition) is 1. The van der Waals surface area contributed by atoms with E-state index in [1.165, 1.54) is 29.4 Å². The summed E-state index contributed by atoms with van der Waals surface area (Å²) in [4.78, 5) is 28.4. The molecule has 0 unspecified atom stereocenters. The van der Waals surface area contributed by atoms with E-state index in [-0.39, 0.29) is 60.8 Å². The molecule has 1 aromatic heterocycles. The summed E-state index contributed by atoms with van der Waals surface area (Å²) in [6.45, 7) is 11.5. The van der Waals surface area contributed by atoms with Crippen molar-refractivity contribution < 1.29 is 24.1 Å². The van der Waals surface area contributed by atoms with E-state index in [1.807, 2.05) is 13.8 Å². The molecule has 3 aromatic rings. The largest absolute Gasteiger partial charge is 0.481 e. The predicted molar refractivity (Wildman–Crippen MR) is 183 cm³/mol. The summed E-state index contributed by atoms with van der Waals surface area (Å²) in [7, 11) is 3.12. The number of piperazine rings is 2. The van der Waals surface area contributed by atoms with Gasteiger partial charge in [-0.25, -0.2) is 0 Å². The van der Waals surface area contributed by atoms with Crippen molar-refractivity contribution in [3.63, 3.8) is 0 Å². The number of nitrogens with zero attached hydrogens (tertiary/aromatic N) is 5. The Labute approximate surface area is 284 Å². The Bertz CT molecular complexity index is 1380. The van der Waals surface area contributed by atoms with Gasteiger partial charge in [-0.2, -0.15) is 9.97 Å². The topological polar surface area (TPSA) is 100 Å². The number of carbonyl (C=O) groups is 1. The molecular formula is C34H47Cl2N5O5. The second-order valence-corrected chi connectivity index (χ2v) is 12.1. The van der Waals surface area contributed by atoms with Gasteiger partial charge in [0.1, 0.15) is 6.61 Å². The number of methoxy groups -OCH3 is 2. The lowest BCUT2D eigenvalue weighted by Gasteiger charge is -2.53. The molecule has 2 saturated heterocycles. The van der Waals surface area contributed by atoms with E-state index in [9.17, 15) is 9.90 Å². The SMILES string of the molecule is COc1nc(OC)c(CN2C[C@@H]3CN(C(=O)CO)CCN3[C@H](C(c3ccc(C)cc3)c3ccc(C)cc3)C2)c(OC(C)C)n1.Cl.Cl. The minimum absolute atomic E-state index is 0. The highest BCUT2D eigenvalue weighted by atomic mass is 35.5. The minimum atomic E-state index is -0.481. The maximum atomic E-state index is 12.6. The van der Waals surface area contributed by atoms with Crippen LogP contribution in [-0.2, 0) is 11.3 Å². The monoisotopic (exact) mass is 675 g/mol. The molecule has 1 amide bonds. The van der Waals surface area contributed by atoms with Crippen molar-refractivity contribution in [2.45, 2.75) is 58.3 Å². The number of ether oxygens (including phenoxy) is 3. The average Bonchev–Trinajstić information content (AvgIpc) is 3.02. The lowest BCUT2D eigenvalue weighted by molar-refractivity contribution is -0.139. The number of aromatic nitrogens is 2. The van der Waals surface area contributed by atoms with Crippen LogP contribution in [-0.4, -0.2) is 107 Å². The highest BCUT2D eigenvalue weighted by Gasteiger charge is 2.43.